The van der Waals surface area contributed by atoms with Crippen molar-refractivity contribution in [3.05, 3.63) is 47.0 Å². The van der Waals surface area contributed by atoms with E-state index in [1.54, 1.807) is 25.4 Å². The lowest BCUT2D eigenvalue weighted by Crippen LogP contribution is -2.20. The topological polar surface area (TPSA) is 53.4 Å². The van der Waals surface area contributed by atoms with Crippen molar-refractivity contribution in [1.29, 1.82) is 0 Å². The van der Waals surface area contributed by atoms with Crippen LogP contribution in [0.15, 0.2) is 41.5 Å². The molecule has 0 saturated heterocycles. The number of benzene rings is 1. The first kappa shape index (κ1) is 11.2. The second-order valence-corrected chi connectivity index (χ2v) is 3.28. The number of rotatable bonds is 3. The molecule has 0 radical (unpaired) electrons. The molecule has 2 rings (SSSR count). The van der Waals surface area contributed by atoms with Crippen molar-refractivity contribution in [3.63, 3.8) is 0 Å². The van der Waals surface area contributed by atoms with E-state index in [9.17, 15) is 4.79 Å². The first-order valence-electron chi connectivity index (χ1n) is 5.03. The normalized spacial score (nSPS) is 10.0. The first-order valence-corrected chi connectivity index (χ1v) is 5.03. The first-order chi connectivity index (χ1) is 8.27. The van der Waals surface area contributed by atoms with E-state index >= 15 is 0 Å². The standard InChI is InChI=1S/C12H12N2O3/c1-16-10-6-4-3-5-9(10)14-8-7-13-11(17-2)12(14)15/h3-8H,1-2H3. The van der Waals surface area contributed by atoms with Gasteiger partial charge in [0.1, 0.15) is 5.75 Å². The fourth-order valence-electron chi connectivity index (χ4n) is 1.55. The Balaban J connectivity index is 2.65. The van der Waals surface area contributed by atoms with Gasteiger partial charge in [0.2, 0.25) is 0 Å². The van der Waals surface area contributed by atoms with E-state index in [1.165, 1.54) is 17.9 Å². The summed E-state index contributed by atoms with van der Waals surface area (Å²) in [5.41, 5.74) is 0.334. The van der Waals surface area contributed by atoms with E-state index in [2.05, 4.69) is 4.98 Å². The second-order valence-electron chi connectivity index (χ2n) is 3.28. The summed E-state index contributed by atoms with van der Waals surface area (Å²) in [7, 11) is 2.97. The van der Waals surface area contributed by atoms with E-state index in [0.29, 0.717) is 11.4 Å². The molecule has 5 nitrogen and oxygen atoms in total. The highest BCUT2D eigenvalue weighted by Gasteiger charge is 2.09. The van der Waals surface area contributed by atoms with Gasteiger partial charge in [-0.1, -0.05) is 12.1 Å². The summed E-state index contributed by atoms with van der Waals surface area (Å²) in [5.74, 6) is 0.668. The molecule has 17 heavy (non-hydrogen) atoms. The van der Waals surface area contributed by atoms with Crippen molar-refractivity contribution in [2.24, 2.45) is 0 Å². The predicted octanol–water partition coefficient (Wildman–Crippen LogP) is 1.25. The highest BCUT2D eigenvalue weighted by Crippen LogP contribution is 2.20. The molecular weight excluding hydrogens is 220 g/mol. The van der Waals surface area contributed by atoms with Gasteiger partial charge in [0.25, 0.3) is 5.88 Å². The molecule has 0 spiro atoms. The van der Waals surface area contributed by atoms with E-state index in [0.717, 1.165) is 0 Å². The van der Waals surface area contributed by atoms with Gasteiger partial charge in [-0.05, 0) is 12.1 Å². The van der Waals surface area contributed by atoms with Crippen molar-refractivity contribution < 1.29 is 9.47 Å². The predicted molar refractivity (Wildman–Crippen MR) is 62.9 cm³/mol. The molecule has 0 bridgehead atoms. The lowest BCUT2D eigenvalue weighted by atomic mass is 10.3. The average Bonchev–Trinajstić information content (AvgIpc) is 2.39. The Morgan fingerprint density at radius 3 is 2.65 bits per heavy atom. The van der Waals surface area contributed by atoms with Crippen LogP contribution in [0.4, 0.5) is 0 Å². The molecule has 1 aromatic carbocycles. The Labute approximate surface area is 98.3 Å². The SMILES string of the molecule is COc1ccccc1-n1ccnc(OC)c1=O. The highest BCUT2D eigenvalue weighted by atomic mass is 16.5. The minimum absolute atomic E-state index is 0.0541. The van der Waals surface area contributed by atoms with Crippen molar-refractivity contribution >= 4 is 0 Å². The third kappa shape index (κ3) is 1.99. The molecule has 0 aliphatic rings. The molecule has 1 aromatic heterocycles. The number of hydrogen-bond donors (Lipinski definition) is 0. The van der Waals surface area contributed by atoms with Crippen molar-refractivity contribution in [2.75, 3.05) is 14.2 Å². The molecule has 0 aliphatic carbocycles. The zero-order valence-electron chi connectivity index (χ0n) is 9.58. The highest BCUT2D eigenvalue weighted by molar-refractivity contribution is 5.46. The maximum Gasteiger partial charge on any atom is 0.317 e. The summed E-state index contributed by atoms with van der Waals surface area (Å²) in [4.78, 5) is 15.8. The lowest BCUT2D eigenvalue weighted by Gasteiger charge is -2.10. The van der Waals surface area contributed by atoms with E-state index in [-0.39, 0.29) is 11.4 Å². The van der Waals surface area contributed by atoms with Crippen LogP contribution in [0.25, 0.3) is 5.69 Å². The molecule has 88 valence electrons. The van der Waals surface area contributed by atoms with Crippen LogP contribution in [-0.4, -0.2) is 23.8 Å². The number of nitrogens with zero attached hydrogens (tertiary/aromatic N) is 2. The van der Waals surface area contributed by atoms with E-state index in [4.69, 9.17) is 9.47 Å². The van der Waals surface area contributed by atoms with Crippen molar-refractivity contribution in [2.45, 2.75) is 0 Å². The Morgan fingerprint density at radius 2 is 1.94 bits per heavy atom. The number of hydrogen-bond acceptors (Lipinski definition) is 4. The fraction of sp³-hybridized carbons (Fsp3) is 0.167. The number of aromatic nitrogens is 2. The third-order valence-corrected chi connectivity index (χ3v) is 2.35. The Morgan fingerprint density at radius 1 is 1.18 bits per heavy atom. The summed E-state index contributed by atoms with van der Waals surface area (Å²) >= 11 is 0. The van der Waals surface area contributed by atoms with Gasteiger partial charge in [0, 0.05) is 12.4 Å². The van der Waals surface area contributed by atoms with Gasteiger partial charge in [-0.2, -0.15) is 0 Å². The fourth-order valence-corrected chi connectivity index (χ4v) is 1.55. The summed E-state index contributed by atoms with van der Waals surface area (Å²) in [5, 5.41) is 0. The second kappa shape index (κ2) is 4.69. The van der Waals surface area contributed by atoms with Gasteiger partial charge >= 0.3 is 5.56 Å². The van der Waals surface area contributed by atoms with Crippen LogP contribution in [0.3, 0.4) is 0 Å². The van der Waals surface area contributed by atoms with E-state index in [1.807, 2.05) is 12.1 Å². The largest absolute Gasteiger partial charge is 0.495 e. The molecule has 0 atom stereocenters. The Kier molecular flexibility index (Phi) is 3.09. The number of ether oxygens (including phenoxy) is 2. The maximum absolute atomic E-state index is 12.0. The molecule has 0 saturated carbocycles. The molecule has 1 heterocycles. The van der Waals surface area contributed by atoms with Gasteiger partial charge in [-0.25, -0.2) is 4.98 Å². The zero-order valence-corrected chi connectivity index (χ0v) is 9.58. The van der Waals surface area contributed by atoms with Gasteiger partial charge < -0.3 is 9.47 Å². The maximum atomic E-state index is 12.0. The van der Waals surface area contributed by atoms with Crippen molar-refractivity contribution in [3.8, 4) is 17.3 Å². The van der Waals surface area contributed by atoms with Gasteiger partial charge in [-0.15, -0.1) is 0 Å². The van der Waals surface area contributed by atoms with Crippen molar-refractivity contribution in [1.82, 2.24) is 9.55 Å². The van der Waals surface area contributed by atoms with Crippen LogP contribution in [0.2, 0.25) is 0 Å². The molecule has 0 fully saturated rings. The quantitative estimate of drug-likeness (QED) is 0.799. The molecule has 5 heteroatoms. The summed E-state index contributed by atoms with van der Waals surface area (Å²) in [6.45, 7) is 0. The monoisotopic (exact) mass is 232 g/mol. The molecule has 0 aliphatic heterocycles. The summed E-state index contributed by atoms with van der Waals surface area (Å²) in [6, 6.07) is 7.25. The molecule has 0 unspecified atom stereocenters. The van der Waals surface area contributed by atoms with Gasteiger partial charge in [0.15, 0.2) is 0 Å². The third-order valence-electron chi connectivity index (χ3n) is 2.35. The zero-order chi connectivity index (χ0) is 12.3. The van der Waals surface area contributed by atoms with Crippen LogP contribution in [-0.2, 0) is 0 Å². The minimum atomic E-state index is -0.320. The Bertz CT molecular complexity index is 578. The van der Waals surface area contributed by atoms with Gasteiger partial charge in [0.05, 0.1) is 19.9 Å². The van der Waals surface area contributed by atoms with Crippen LogP contribution < -0.4 is 15.0 Å². The smallest absolute Gasteiger partial charge is 0.317 e. The number of para-hydroxylation sites is 2. The van der Waals surface area contributed by atoms with E-state index < -0.39 is 0 Å². The number of methoxy groups -OCH3 is 2. The van der Waals surface area contributed by atoms with Crippen LogP contribution in [0.1, 0.15) is 0 Å². The van der Waals surface area contributed by atoms with Gasteiger partial charge in [-0.3, -0.25) is 9.36 Å². The molecule has 0 amide bonds. The van der Waals surface area contributed by atoms with Crippen LogP contribution in [0.5, 0.6) is 11.6 Å². The van der Waals surface area contributed by atoms with Crippen LogP contribution >= 0.6 is 0 Å². The minimum Gasteiger partial charge on any atom is -0.495 e. The Hall–Kier alpha value is -2.30. The average molecular weight is 232 g/mol. The van der Waals surface area contributed by atoms with Crippen LogP contribution in [0, 0.1) is 0 Å². The summed E-state index contributed by atoms with van der Waals surface area (Å²) < 4.78 is 11.5. The molecular formula is C12H12N2O3. The lowest BCUT2D eigenvalue weighted by molar-refractivity contribution is 0.387. The molecule has 2 aromatic rings. The summed E-state index contributed by atoms with van der Waals surface area (Å²) in [6.07, 6.45) is 3.08. The molecule has 0 N–H and O–H groups in total.